The fourth-order valence-electron chi connectivity index (χ4n) is 3.12. The zero-order valence-electron chi connectivity index (χ0n) is 17.3. The van der Waals surface area contributed by atoms with Crippen molar-refractivity contribution in [1.82, 2.24) is 4.57 Å². The van der Waals surface area contributed by atoms with Crippen LogP contribution in [0, 0.1) is 19.7 Å². The zero-order valence-corrected chi connectivity index (χ0v) is 18.9. The number of nitrogens with zero attached hydrogens (tertiary/aromatic N) is 1. The number of fused-ring (bicyclic) bond motifs is 1. The van der Waals surface area contributed by atoms with E-state index < -0.39 is 0 Å². The molecule has 0 atom stereocenters. The molecule has 1 saturated carbocycles. The van der Waals surface area contributed by atoms with Crippen molar-refractivity contribution >= 4 is 40.8 Å². The highest BCUT2D eigenvalue weighted by Crippen LogP contribution is 2.50. The Labute approximate surface area is 179 Å². The minimum Gasteiger partial charge on any atom is -0.395 e. The van der Waals surface area contributed by atoms with Crippen LogP contribution in [0.15, 0.2) is 28.0 Å². The molecule has 2 aromatic rings. The van der Waals surface area contributed by atoms with E-state index in [0.29, 0.717) is 23.5 Å². The van der Waals surface area contributed by atoms with Crippen LogP contribution in [0.1, 0.15) is 37.8 Å². The van der Waals surface area contributed by atoms with E-state index in [1.807, 2.05) is 26.8 Å². The SMILES string of the molecule is CC.Cc1ccc(Nc2c(NSC3(CO)CC3)c3n(c(=O)c2C)CCS3)c(F)c1. The number of thioether (sulfide) groups is 1. The number of aryl methyl sites for hydroxylation is 1. The highest BCUT2D eigenvalue weighted by molar-refractivity contribution is 8.02. The average Bonchev–Trinajstić information content (AvgIpc) is 3.34. The number of anilines is 3. The lowest BCUT2D eigenvalue weighted by molar-refractivity contribution is 0.289. The maximum atomic E-state index is 14.4. The van der Waals surface area contributed by atoms with Gasteiger partial charge in [0.2, 0.25) is 0 Å². The predicted octanol–water partition coefficient (Wildman–Crippen LogP) is 5.06. The van der Waals surface area contributed by atoms with Crippen molar-refractivity contribution in [1.29, 1.82) is 0 Å². The molecule has 0 spiro atoms. The average molecular weight is 438 g/mol. The number of pyridine rings is 1. The fraction of sp³-hybridized carbons (Fsp3) is 0.476. The summed E-state index contributed by atoms with van der Waals surface area (Å²) in [5.41, 5.74) is 3.07. The largest absolute Gasteiger partial charge is 0.395 e. The Bertz CT molecular complexity index is 958. The molecule has 158 valence electrons. The van der Waals surface area contributed by atoms with Gasteiger partial charge in [0.1, 0.15) is 10.8 Å². The van der Waals surface area contributed by atoms with Crippen molar-refractivity contribution < 1.29 is 9.50 Å². The van der Waals surface area contributed by atoms with E-state index >= 15 is 0 Å². The quantitative estimate of drug-likeness (QED) is 0.549. The maximum absolute atomic E-state index is 14.4. The Hall–Kier alpha value is -1.64. The fourth-order valence-corrected chi connectivity index (χ4v) is 5.16. The zero-order chi connectivity index (χ0) is 21.2. The first-order chi connectivity index (χ1) is 13.9. The van der Waals surface area contributed by atoms with Gasteiger partial charge in [-0.3, -0.25) is 4.79 Å². The number of aromatic nitrogens is 1. The van der Waals surface area contributed by atoms with Gasteiger partial charge in [0.05, 0.1) is 28.4 Å². The molecule has 0 unspecified atom stereocenters. The van der Waals surface area contributed by atoms with Crippen molar-refractivity contribution in [3.8, 4) is 0 Å². The van der Waals surface area contributed by atoms with Crippen LogP contribution in [0.25, 0.3) is 0 Å². The molecular formula is C21H28FN3O2S2. The summed E-state index contributed by atoms with van der Waals surface area (Å²) in [4.78, 5) is 12.8. The van der Waals surface area contributed by atoms with Crippen molar-refractivity contribution in [2.75, 3.05) is 22.4 Å². The van der Waals surface area contributed by atoms with E-state index in [2.05, 4.69) is 10.0 Å². The number of benzene rings is 1. The molecule has 3 N–H and O–H groups in total. The van der Waals surface area contributed by atoms with Crippen LogP contribution in [-0.2, 0) is 6.54 Å². The summed E-state index contributed by atoms with van der Waals surface area (Å²) in [5.74, 6) is 0.483. The molecule has 0 bridgehead atoms. The van der Waals surface area contributed by atoms with Gasteiger partial charge in [-0.1, -0.05) is 19.9 Å². The van der Waals surface area contributed by atoms with Gasteiger partial charge < -0.3 is 19.7 Å². The summed E-state index contributed by atoms with van der Waals surface area (Å²) in [5, 5.41) is 13.6. The third-order valence-corrected chi connectivity index (χ3v) is 7.41. The molecule has 1 aliphatic carbocycles. The summed E-state index contributed by atoms with van der Waals surface area (Å²) in [7, 11) is 0. The van der Waals surface area contributed by atoms with Crippen molar-refractivity contribution in [3.63, 3.8) is 0 Å². The lowest BCUT2D eigenvalue weighted by atomic mass is 10.1. The number of hydrogen-bond acceptors (Lipinski definition) is 6. The van der Waals surface area contributed by atoms with E-state index in [0.717, 1.165) is 34.9 Å². The van der Waals surface area contributed by atoms with E-state index in [1.54, 1.807) is 29.3 Å². The standard InChI is InChI=1S/C19H22FN3O2S2.C2H6/c1-11-3-4-14(13(20)9-11)21-15-12(2)17(25)23-7-8-26-18(23)16(15)22-27-19(10-24)5-6-19;1-2/h3-4,9,21-22,24H,5-8,10H2,1-2H3;1-2H3. The topological polar surface area (TPSA) is 66.3 Å². The molecule has 2 heterocycles. The molecule has 0 radical (unpaired) electrons. The Morgan fingerprint density at radius 2 is 2.00 bits per heavy atom. The van der Waals surface area contributed by atoms with Crippen LogP contribution in [-0.4, -0.2) is 26.8 Å². The van der Waals surface area contributed by atoms with E-state index in [4.69, 9.17) is 0 Å². The molecule has 1 fully saturated rings. The molecule has 2 aliphatic rings. The Kier molecular flexibility index (Phi) is 6.86. The van der Waals surface area contributed by atoms with Crippen molar-refractivity contribution in [2.45, 2.75) is 56.9 Å². The van der Waals surface area contributed by atoms with Crippen LogP contribution < -0.4 is 15.6 Å². The molecule has 1 aromatic carbocycles. The Morgan fingerprint density at radius 1 is 1.28 bits per heavy atom. The third-order valence-electron chi connectivity index (χ3n) is 5.05. The molecule has 0 saturated heterocycles. The Balaban J connectivity index is 0.00000117. The molecule has 5 nitrogen and oxygen atoms in total. The maximum Gasteiger partial charge on any atom is 0.256 e. The van der Waals surface area contributed by atoms with E-state index in [9.17, 15) is 14.3 Å². The summed E-state index contributed by atoms with van der Waals surface area (Å²) in [6, 6.07) is 5.00. The Morgan fingerprint density at radius 3 is 2.62 bits per heavy atom. The van der Waals surface area contributed by atoms with Crippen LogP contribution in [0.2, 0.25) is 0 Å². The molecule has 8 heteroatoms. The van der Waals surface area contributed by atoms with Gasteiger partial charge in [-0.2, -0.15) is 0 Å². The minimum atomic E-state index is -0.352. The number of nitrogens with one attached hydrogen (secondary N) is 2. The van der Waals surface area contributed by atoms with Gasteiger partial charge in [0, 0.05) is 17.9 Å². The summed E-state index contributed by atoms with van der Waals surface area (Å²) in [6.45, 7) is 8.39. The van der Waals surface area contributed by atoms with E-state index in [1.165, 1.54) is 18.0 Å². The van der Waals surface area contributed by atoms with Gasteiger partial charge >= 0.3 is 0 Å². The minimum absolute atomic E-state index is 0.0520. The monoisotopic (exact) mass is 437 g/mol. The lowest BCUT2D eigenvalue weighted by Gasteiger charge is -2.21. The third kappa shape index (κ3) is 4.44. The normalized spacial score (nSPS) is 15.9. The first kappa shape index (κ1) is 22.1. The van der Waals surface area contributed by atoms with Crippen LogP contribution in [0.3, 0.4) is 0 Å². The lowest BCUT2D eigenvalue weighted by Crippen LogP contribution is -2.24. The molecule has 1 aliphatic heterocycles. The number of aliphatic hydroxyl groups is 1. The number of hydrogen-bond donors (Lipinski definition) is 3. The van der Waals surface area contributed by atoms with E-state index in [-0.39, 0.29) is 22.7 Å². The second-order valence-electron chi connectivity index (χ2n) is 7.14. The summed E-state index contributed by atoms with van der Waals surface area (Å²) in [6.07, 6.45) is 1.91. The van der Waals surface area contributed by atoms with Gasteiger partial charge in [-0.05, 0) is 56.3 Å². The molecular weight excluding hydrogens is 409 g/mol. The molecule has 1 aromatic heterocycles. The second kappa shape index (κ2) is 9.02. The van der Waals surface area contributed by atoms with Crippen LogP contribution >= 0.6 is 23.7 Å². The number of aliphatic hydroxyl groups excluding tert-OH is 1. The van der Waals surface area contributed by atoms with Crippen molar-refractivity contribution in [3.05, 3.63) is 45.5 Å². The van der Waals surface area contributed by atoms with Gasteiger partial charge in [-0.15, -0.1) is 11.8 Å². The summed E-state index contributed by atoms with van der Waals surface area (Å²) >= 11 is 3.11. The molecule has 0 amide bonds. The van der Waals surface area contributed by atoms with Crippen molar-refractivity contribution in [2.24, 2.45) is 0 Å². The van der Waals surface area contributed by atoms with Crippen LogP contribution in [0.5, 0.6) is 0 Å². The highest BCUT2D eigenvalue weighted by atomic mass is 32.2. The van der Waals surface area contributed by atoms with Gasteiger partial charge in [0.25, 0.3) is 5.56 Å². The summed E-state index contributed by atoms with van der Waals surface area (Å²) < 4.78 is 19.4. The first-order valence-corrected chi connectivity index (χ1v) is 11.7. The van der Waals surface area contributed by atoms with Crippen LogP contribution in [0.4, 0.5) is 21.5 Å². The predicted molar refractivity (Wildman–Crippen MR) is 122 cm³/mol. The number of halogens is 1. The molecule has 29 heavy (non-hydrogen) atoms. The smallest absolute Gasteiger partial charge is 0.256 e. The molecule has 4 rings (SSSR count). The highest BCUT2D eigenvalue weighted by Gasteiger charge is 2.44. The van der Waals surface area contributed by atoms with Gasteiger partial charge in [0.15, 0.2) is 0 Å². The first-order valence-electron chi connectivity index (χ1n) is 9.92. The number of rotatable bonds is 6. The second-order valence-corrected chi connectivity index (χ2v) is 9.50. The van der Waals surface area contributed by atoms with Gasteiger partial charge in [-0.25, -0.2) is 4.39 Å².